The molecule has 0 fully saturated rings. The maximum atomic E-state index is 13.6. The highest BCUT2D eigenvalue weighted by atomic mass is 19.1. The van der Waals surface area contributed by atoms with E-state index in [9.17, 15) is 18.4 Å². The van der Waals surface area contributed by atoms with Crippen molar-refractivity contribution in [2.45, 2.75) is 32.6 Å². The highest BCUT2D eigenvalue weighted by Crippen LogP contribution is 2.20. The number of fused-ring (bicyclic) bond motifs is 1. The van der Waals surface area contributed by atoms with Crippen LogP contribution in [0.25, 0.3) is 10.9 Å². The molecule has 0 bridgehead atoms. The van der Waals surface area contributed by atoms with Crippen molar-refractivity contribution in [2.24, 2.45) is 0 Å². The van der Waals surface area contributed by atoms with Crippen molar-refractivity contribution in [3.05, 3.63) is 35.5 Å². The predicted octanol–water partition coefficient (Wildman–Crippen LogP) is 2.52. The highest BCUT2D eigenvalue weighted by Gasteiger charge is 2.21. The number of hydrogen-bond acceptors (Lipinski definition) is 3. The van der Waals surface area contributed by atoms with E-state index in [4.69, 9.17) is 4.74 Å². The van der Waals surface area contributed by atoms with Gasteiger partial charge in [0.05, 0.1) is 11.1 Å². The molecule has 2 N–H and O–H groups in total. The van der Waals surface area contributed by atoms with Gasteiger partial charge in [-0.05, 0) is 32.9 Å². The van der Waals surface area contributed by atoms with Crippen molar-refractivity contribution in [1.82, 2.24) is 10.3 Å². The van der Waals surface area contributed by atoms with Gasteiger partial charge < -0.3 is 15.0 Å². The Morgan fingerprint density at radius 3 is 2.59 bits per heavy atom. The van der Waals surface area contributed by atoms with Crippen molar-refractivity contribution >= 4 is 23.1 Å². The van der Waals surface area contributed by atoms with Gasteiger partial charge in [0.15, 0.2) is 12.5 Å². The number of halogens is 2. The highest BCUT2D eigenvalue weighted by molar-refractivity contribution is 5.99. The SMILES string of the molecule is CC(C)(C)OC(C=O)NC(=O)c1cc2c(F)cc(F)cc2[nH]1. The molecule has 1 atom stereocenters. The number of carbonyl (C=O) groups excluding carboxylic acids is 2. The van der Waals surface area contributed by atoms with Crippen LogP contribution in [0, 0.1) is 11.6 Å². The number of aromatic amines is 1. The molecule has 7 heteroatoms. The predicted molar refractivity (Wildman–Crippen MR) is 76.4 cm³/mol. The zero-order valence-electron chi connectivity index (χ0n) is 12.4. The number of rotatable bonds is 4. The fraction of sp³-hybridized carbons (Fsp3) is 0.333. The lowest BCUT2D eigenvalue weighted by atomic mass is 10.2. The normalized spacial score (nSPS) is 13.1. The van der Waals surface area contributed by atoms with Crippen molar-refractivity contribution in [3.63, 3.8) is 0 Å². The molecule has 22 heavy (non-hydrogen) atoms. The second-order valence-electron chi connectivity index (χ2n) is 5.79. The second kappa shape index (κ2) is 5.84. The molecular weight excluding hydrogens is 294 g/mol. The Morgan fingerprint density at radius 1 is 1.32 bits per heavy atom. The molecule has 0 aliphatic heterocycles. The number of ether oxygens (including phenoxy) is 1. The maximum absolute atomic E-state index is 13.6. The van der Waals surface area contributed by atoms with Crippen molar-refractivity contribution in [1.29, 1.82) is 0 Å². The summed E-state index contributed by atoms with van der Waals surface area (Å²) in [6.45, 7) is 5.20. The van der Waals surface area contributed by atoms with Crippen molar-refractivity contribution in [2.75, 3.05) is 0 Å². The van der Waals surface area contributed by atoms with Gasteiger partial charge in [0.2, 0.25) is 0 Å². The zero-order valence-corrected chi connectivity index (χ0v) is 12.4. The van der Waals surface area contributed by atoms with Gasteiger partial charge in [-0.15, -0.1) is 0 Å². The number of carbonyl (C=O) groups is 2. The number of hydrogen-bond donors (Lipinski definition) is 2. The standard InChI is InChI=1S/C15H16F2N2O3/c1-15(2,3)22-13(7-20)19-14(21)12-6-9-10(17)4-8(16)5-11(9)18-12/h4-7,13,18H,1-3H3,(H,19,21). The van der Waals surface area contributed by atoms with Crippen LogP contribution >= 0.6 is 0 Å². The van der Waals surface area contributed by atoms with Crippen LogP contribution in [0.15, 0.2) is 18.2 Å². The average molecular weight is 310 g/mol. The Morgan fingerprint density at radius 2 is 2.00 bits per heavy atom. The first-order chi connectivity index (χ1) is 10.2. The third-order valence-electron chi connectivity index (χ3n) is 2.77. The molecule has 5 nitrogen and oxygen atoms in total. The lowest BCUT2D eigenvalue weighted by molar-refractivity contribution is -0.130. The Hall–Kier alpha value is -2.28. The van der Waals surface area contributed by atoms with Gasteiger partial charge in [0.1, 0.15) is 17.3 Å². The molecule has 1 heterocycles. The van der Waals surface area contributed by atoms with Crippen LogP contribution in [0.5, 0.6) is 0 Å². The molecule has 1 unspecified atom stereocenters. The average Bonchev–Trinajstić information content (AvgIpc) is 2.80. The first-order valence-corrected chi connectivity index (χ1v) is 6.61. The van der Waals surface area contributed by atoms with Gasteiger partial charge in [-0.3, -0.25) is 9.59 Å². The van der Waals surface area contributed by atoms with Gasteiger partial charge in [-0.2, -0.15) is 0 Å². The molecule has 2 rings (SSSR count). The topological polar surface area (TPSA) is 71.2 Å². The minimum Gasteiger partial charge on any atom is -0.350 e. The maximum Gasteiger partial charge on any atom is 0.270 e. The first-order valence-electron chi connectivity index (χ1n) is 6.61. The third kappa shape index (κ3) is 3.67. The third-order valence-corrected chi connectivity index (χ3v) is 2.77. The monoisotopic (exact) mass is 310 g/mol. The summed E-state index contributed by atoms with van der Waals surface area (Å²) in [5.41, 5.74) is -0.472. The number of nitrogens with one attached hydrogen (secondary N) is 2. The van der Waals surface area contributed by atoms with Gasteiger partial charge >= 0.3 is 0 Å². The van der Waals surface area contributed by atoms with Crippen LogP contribution in [0.1, 0.15) is 31.3 Å². The van der Waals surface area contributed by atoms with Gasteiger partial charge in [-0.25, -0.2) is 8.78 Å². The Labute approximate surface area is 125 Å². The van der Waals surface area contributed by atoms with E-state index in [1.165, 1.54) is 6.07 Å². The quantitative estimate of drug-likeness (QED) is 0.673. The van der Waals surface area contributed by atoms with Crippen LogP contribution in [-0.2, 0) is 9.53 Å². The number of aldehydes is 1. The van der Waals surface area contributed by atoms with E-state index in [1.807, 2.05) is 0 Å². The van der Waals surface area contributed by atoms with Crippen LogP contribution < -0.4 is 5.32 Å². The molecule has 1 amide bonds. The fourth-order valence-corrected chi connectivity index (χ4v) is 1.96. The Bertz CT molecular complexity index is 719. The molecular formula is C15H16F2N2O3. The van der Waals surface area contributed by atoms with E-state index in [1.54, 1.807) is 20.8 Å². The molecule has 2 aromatic rings. The smallest absolute Gasteiger partial charge is 0.270 e. The number of amides is 1. The van der Waals surface area contributed by atoms with E-state index in [2.05, 4.69) is 10.3 Å². The van der Waals surface area contributed by atoms with Crippen LogP contribution in [-0.4, -0.2) is 29.0 Å². The fourth-order valence-electron chi connectivity index (χ4n) is 1.96. The second-order valence-corrected chi connectivity index (χ2v) is 5.79. The number of aromatic nitrogens is 1. The van der Waals surface area contributed by atoms with Crippen molar-refractivity contribution < 1.29 is 23.1 Å². The summed E-state index contributed by atoms with van der Waals surface area (Å²) in [6, 6.07) is 3.06. The minimum absolute atomic E-state index is 0.00357. The van der Waals surface area contributed by atoms with Gasteiger partial charge in [0, 0.05) is 11.5 Å². The molecule has 0 spiro atoms. The largest absolute Gasteiger partial charge is 0.350 e. The molecule has 0 saturated carbocycles. The van der Waals surface area contributed by atoms with E-state index in [0.29, 0.717) is 6.29 Å². The van der Waals surface area contributed by atoms with E-state index >= 15 is 0 Å². The van der Waals surface area contributed by atoms with E-state index in [-0.39, 0.29) is 16.6 Å². The Balaban J connectivity index is 2.22. The summed E-state index contributed by atoms with van der Waals surface area (Å²) >= 11 is 0. The summed E-state index contributed by atoms with van der Waals surface area (Å²) < 4.78 is 32.1. The molecule has 0 aliphatic rings. The van der Waals surface area contributed by atoms with E-state index in [0.717, 1.165) is 12.1 Å². The zero-order chi connectivity index (χ0) is 16.5. The summed E-state index contributed by atoms with van der Waals surface area (Å²) in [5.74, 6) is -2.18. The lowest BCUT2D eigenvalue weighted by Crippen LogP contribution is -2.42. The summed E-state index contributed by atoms with van der Waals surface area (Å²) in [6.07, 6.45) is -0.688. The number of benzene rings is 1. The summed E-state index contributed by atoms with van der Waals surface area (Å²) in [4.78, 5) is 25.6. The summed E-state index contributed by atoms with van der Waals surface area (Å²) in [5, 5.41) is 2.45. The van der Waals surface area contributed by atoms with E-state index < -0.39 is 29.4 Å². The minimum atomic E-state index is -1.14. The molecule has 1 aromatic carbocycles. The molecule has 0 aliphatic carbocycles. The summed E-state index contributed by atoms with van der Waals surface area (Å²) in [7, 11) is 0. The van der Waals surface area contributed by atoms with Crippen LogP contribution in [0.2, 0.25) is 0 Å². The van der Waals surface area contributed by atoms with Crippen LogP contribution in [0.3, 0.4) is 0 Å². The van der Waals surface area contributed by atoms with Gasteiger partial charge in [0.25, 0.3) is 5.91 Å². The molecule has 0 saturated heterocycles. The van der Waals surface area contributed by atoms with Crippen LogP contribution in [0.4, 0.5) is 8.78 Å². The number of H-pyrrole nitrogens is 1. The first kappa shape index (κ1) is 16.1. The Kier molecular flexibility index (Phi) is 4.27. The molecule has 0 radical (unpaired) electrons. The van der Waals surface area contributed by atoms with Gasteiger partial charge in [-0.1, -0.05) is 0 Å². The molecule has 1 aromatic heterocycles. The van der Waals surface area contributed by atoms with Crippen molar-refractivity contribution in [3.8, 4) is 0 Å². The molecule has 118 valence electrons. The lowest BCUT2D eigenvalue weighted by Gasteiger charge is -2.24.